The first-order valence-corrected chi connectivity index (χ1v) is 6.84. The monoisotopic (exact) mass is 273 g/mol. The molecule has 0 saturated carbocycles. The molecular formula is C13H11N3O2S. The molecule has 1 aliphatic heterocycles. The summed E-state index contributed by atoms with van der Waals surface area (Å²) >= 11 is 1.74. The topological polar surface area (TPSA) is 66.1 Å². The third kappa shape index (κ3) is 2.26. The lowest BCUT2D eigenvalue weighted by Gasteiger charge is -2.28. The number of hydrogen-bond acceptors (Lipinski definition) is 4. The molecule has 0 unspecified atom stereocenters. The number of H-pyrrole nitrogens is 1. The summed E-state index contributed by atoms with van der Waals surface area (Å²) in [5, 5.41) is 6.08. The van der Waals surface area contributed by atoms with Gasteiger partial charge in [-0.3, -0.25) is 9.59 Å². The second-order valence-electron chi connectivity index (χ2n) is 4.08. The van der Waals surface area contributed by atoms with E-state index in [0.717, 1.165) is 16.3 Å². The number of aromatic amines is 1. The standard InChI is InChI=1S/C13H11N3O2S/c17-12-6-5-9(14-15-12)13(18)16-7-8-19-11-4-2-1-3-10(11)16/h1-6H,7-8H2,(H,15,17). The molecule has 0 saturated heterocycles. The van der Waals surface area contributed by atoms with Crippen molar-refractivity contribution in [2.75, 3.05) is 17.2 Å². The number of carbonyl (C=O) groups excluding carboxylic acids is 1. The number of amides is 1. The fraction of sp³-hybridized carbons (Fsp3) is 0.154. The first kappa shape index (κ1) is 12.0. The van der Waals surface area contributed by atoms with Gasteiger partial charge in [-0.25, -0.2) is 5.10 Å². The third-order valence-electron chi connectivity index (χ3n) is 2.87. The van der Waals surface area contributed by atoms with Crippen molar-refractivity contribution in [2.24, 2.45) is 0 Å². The van der Waals surface area contributed by atoms with Crippen molar-refractivity contribution in [1.82, 2.24) is 10.2 Å². The number of thioether (sulfide) groups is 1. The maximum atomic E-state index is 12.4. The summed E-state index contributed by atoms with van der Waals surface area (Å²) in [4.78, 5) is 26.2. The van der Waals surface area contributed by atoms with Crippen LogP contribution in [-0.4, -0.2) is 28.4 Å². The van der Waals surface area contributed by atoms with E-state index in [1.54, 1.807) is 16.7 Å². The molecule has 3 rings (SSSR count). The largest absolute Gasteiger partial charge is 0.305 e. The minimum atomic E-state index is -0.314. The number of benzene rings is 1. The Kier molecular flexibility index (Phi) is 3.08. The normalized spacial score (nSPS) is 14.0. The molecule has 2 aromatic rings. The summed E-state index contributed by atoms with van der Waals surface area (Å²) < 4.78 is 0. The number of nitrogens with one attached hydrogen (secondary N) is 1. The number of carbonyl (C=O) groups is 1. The molecule has 0 atom stereocenters. The molecule has 0 aliphatic carbocycles. The van der Waals surface area contributed by atoms with Crippen LogP contribution in [0.2, 0.25) is 0 Å². The zero-order valence-corrected chi connectivity index (χ0v) is 10.8. The highest BCUT2D eigenvalue weighted by atomic mass is 32.2. The molecule has 0 spiro atoms. The van der Waals surface area contributed by atoms with Gasteiger partial charge in [0.05, 0.1) is 5.69 Å². The van der Waals surface area contributed by atoms with Gasteiger partial charge in [-0.15, -0.1) is 11.8 Å². The smallest absolute Gasteiger partial charge is 0.278 e. The van der Waals surface area contributed by atoms with Crippen molar-refractivity contribution >= 4 is 23.4 Å². The van der Waals surface area contributed by atoms with Crippen molar-refractivity contribution in [1.29, 1.82) is 0 Å². The van der Waals surface area contributed by atoms with Crippen LogP contribution in [0, 0.1) is 0 Å². The molecule has 1 amide bonds. The lowest BCUT2D eigenvalue weighted by Crippen LogP contribution is -2.36. The minimum absolute atomic E-state index is 0.191. The average Bonchev–Trinajstić information content (AvgIpc) is 2.47. The summed E-state index contributed by atoms with van der Waals surface area (Å²) in [7, 11) is 0. The van der Waals surface area contributed by atoms with E-state index >= 15 is 0 Å². The molecule has 6 heteroatoms. The predicted octanol–water partition coefficient (Wildman–Crippen LogP) is 1.52. The van der Waals surface area contributed by atoms with Crippen molar-refractivity contribution < 1.29 is 4.79 Å². The van der Waals surface area contributed by atoms with E-state index in [1.807, 2.05) is 24.3 Å². The van der Waals surface area contributed by atoms with Crippen molar-refractivity contribution in [3.8, 4) is 0 Å². The van der Waals surface area contributed by atoms with E-state index in [9.17, 15) is 9.59 Å². The summed E-state index contributed by atoms with van der Waals surface area (Å²) in [6, 6.07) is 10.5. The van der Waals surface area contributed by atoms with Gasteiger partial charge in [0.1, 0.15) is 5.69 Å². The maximum absolute atomic E-state index is 12.4. The van der Waals surface area contributed by atoms with Crippen LogP contribution in [0.5, 0.6) is 0 Å². The van der Waals surface area contributed by atoms with Crippen LogP contribution in [0.15, 0.2) is 46.1 Å². The Bertz CT molecular complexity index is 663. The molecule has 96 valence electrons. The Morgan fingerprint density at radius 3 is 2.89 bits per heavy atom. The van der Waals surface area contributed by atoms with E-state index in [4.69, 9.17) is 0 Å². The number of para-hydroxylation sites is 1. The van der Waals surface area contributed by atoms with E-state index in [1.165, 1.54) is 12.1 Å². The summed E-state index contributed by atoms with van der Waals surface area (Å²) in [6.07, 6.45) is 0. The lowest BCUT2D eigenvalue weighted by atomic mass is 10.2. The van der Waals surface area contributed by atoms with Crippen LogP contribution in [-0.2, 0) is 0 Å². The van der Waals surface area contributed by atoms with Gasteiger partial charge in [-0.1, -0.05) is 12.1 Å². The Morgan fingerprint density at radius 1 is 1.26 bits per heavy atom. The Hall–Kier alpha value is -2.08. The number of nitrogens with zero attached hydrogens (tertiary/aromatic N) is 2. The van der Waals surface area contributed by atoms with Gasteiger partial charge < -0.3 is 4.90 Å². The number of anilines is 1. The highest BCUT2D eigenvalue weighted by Gasteiger charge is 2.24. The second kappa shape index (κ2) is 4.89. The SMILES string of the molecule is O=C(c1ccc(=O)[nH]n1)N1CCSc2ccccc21. The second-order valence-corrected chi connectivity index (χ2v) is 5.22. The molecule has 19 heavy (non-hydrogen) atoms. The molecule has 0 radical (unpaired) electrons. The van der Waals surface area contributed by atoms with Crippen molar-refractivity contribution in [3.05, 3.63) is 52.4 Å². The molecule has 1 aromatic heterocycles. The van der Waals surface area contributed by atoms with Crippen molar-refractivity contribution in [3.63, 3.8) is 0 Å². The Morgan fingerprint density at radius 2 is 2.11 bits per heavy atom. The predicted molar refractivity (Wildman–Crippen MR) is 73.7 cm³/mol. The summed E-state index contributed by atoms with van der Waals surface area (Å²) in [5.74, 6) is 0.663. The van der Waals surface area contributed by atoms with Crippen LogP contribution in [0.25, 0.3) is 0 Å². The fourth-order valence-electron chi connectivity index (χ4n) is 1.98. The molecule has 0 bridgehead atoms. The Labute approximate surface area is 113 Å². The van der Waals surface area contributed by atoms with Crippen LogP contribution in [0.4, 0.5) is 5.69 Å². The minimum Gasteiger partial charge on any atom is -0.305 e. The molecule has 0 fully saturated rings. The van der Waals surface area contributed by atoms with Gasteiger partial charge in [0.15, 0.2) is 0 Å². The Balaban J connectivity index is 1.97. The van der Waals surface area contributed by atoms with Crippen LogP contribution < -0.4 is 10.5 Å². The average molecular weight is 273 g/mol. The molecule has 1 aromatic carbocycles. The molecule has 1 aliphatic rings. The lowest BCUT2D eigenvalue weighted by molar-refractivity contribution is 0.0982. The number of aromatic nitrogens is 2. The van der Waals surface area contributed by atoms with Gasteiger partial charge in [0.25, 0.3) is 11.5 Å². The van der Waals surface area contributed by atoms with E-state index in [-0.39, 0.29) is 17.2 Å². The summed E-state index contributed by atoms with van der Waals surface area (Å²) in [5.41, 5.74) is 0.837. The highest BCUT2D eigenvalue weighted by Crippen LogP contribution is 2.34. The first-order valence-electron chi connectivity index (χ1n) is 5.85. The van der Waals surface area contributed by atoms with Gasteiger partial charge in [0, 0.05) is 23.3 Å². The number of hydrogen-bond donors (Lipinski definition) is 1. The van der Waals surface area contributed by atoms with Crippen LogP contribution in [0.3, 0.4) is 0 Å². The zero-order chi connectivity index (χ0) is 13.2. The van der Waals surface area contributed by atoms with Gasteiger partial charge in [0.2, 0.25) is 0 Å². The van der Waals surface area contributed by atoms with E-state index in [2.05, 4.69) is 10.2 Å². The van der Waals surface area contributed by atoms with Crippen LogP contribution >= 0.6 is 11.8 Å². The van der Waals surface area contributed by atoms with E-state index < -0.39 is 0 Å². The maximum Gasteiger partial charge on any atom is 0.278 e. The number of fused-ring (bicyclic) bond motifs is 1. The molecular weight excluding hydrogens is 262 g/mol. The number of rotatable bonds is 1. The third-order valence-corrected chi connectivity index (χ3v) is 3.91. The first-order chi connectivity index (χ1) is 9.25. The van der Waals surface area contributed by atoms with Gasteiger partial charge in [-0.2, -0.15) is 5.10 Å². The zero-order valence-electron chi connectivity index (χ0n) is 10.00. The fourth-order valence-corrected chi connectivity index (χ4v) is 2.98. The quantitative estimate of drug-likeness (QED) is 0.855. The van der Waals surface area contributed by atoms with Gasteiger partial charge >= 0.3 is 0 Å². The van der Waals surface area contributed by atoms with Crippen LogP contribution in [0.1, 0.15) is 10.5 Å². The highest BCUT2D eigenvalue weighted by molar-refractivity contribution is 7.99. The molecule has 2 heterocycles. The van der Waals surface area contributed by atoms with Crippen molar-refractivity contribution in [2.45, 2.75) is 4.90 Å². The molecule has 1 N–H and O–H groups in total. The van der Waals surface area contributed by atoms with Gasteiger partial charge in [-0.05, 0) is 18.2 Å². The summed E-state index contributed by atoms with van der Waals surface area (Å²) in [6.45, 7) is 0.640. The molecule has 5 nitrogen and oxygen atoms in total. The van der Waals surface area contributed by atoms with E-state index in [0.29, 0.717) is 6.54 Å².